The molecule has 0 bridgehead atoms. The van der Waals surface area contributed by atoms with Gasteiger partial charge in [0.15, 0.2) is 5.69 Å². The van der Waals surface area contributed by atoms with Crippen molar-refractivity contribution >= 4 is 0 Å². The fraction of sp³-hybridized carbons (Fsp3) is 0.111. The molecule has 2 heterocycles. The van der Waals surface area contributed by atoms with Crippen LogP contribution in [0.4, 0.5) is 0 Å². The number of aromatic nitrogens is 5. The number of ether oxygens (including phenoxy) is 1. The number of methoxy groups -OCH3 is 1. The zero-order valence-corrected chi connectivity index (χ0v) is 13.5. The van der Waals surface area contributed by atoms with Crippen LogP contribution in [0.5, 0.6) is 5.75 Å². The highest BCUT2D eigenvalue weighted by Crippen LogP contribution is 2.22. The molecule has 7 heteroatoms. The molecule has 2 aromatic heterocycles. The highest BCUT2D eigenvalue weighted by Gasteiger charge is 2.13. The Hall–Kier alpha value is -3.48. The molecule has 124 valence electrons. The molecule has 0 atom stereocenters. The first-order valence-corrected chi connectivity index (χ1v) is 7.74. The topological polar surface area (TPSA) is 78.9 Å². The molecule has 0 fully saturated rings. The van der Waals surface area contributed by atoms with E-state index in [2.05, 4.69) is 20.5 Å². The van der Waals surface area contributed by atoms with Crippen molar-refractivity contribution in [2.24, 2.45) is 0 Å². The molecule has 4 rings (SSSR count). The third-order valence-electron chi connectivity index (χ3n) is 3.68. The Bertz CT molecular complexity index is 978. The van der Waals surface area contributed by atoms with E-state index in [1.807, 2.05) is 54.6 Å². The van der Waals surface area contributed by atoms with E-state index in [1.165, 1.54) is 0 Å². The Balaban J connectivity index is 1.54. The van der Waals surface area contributed by atoms with E-state index in [9.17, 15) is 0 Å². The van der Waals surface area contributed by atoms with E-state index in [0.29, 0.717) is 24.0 Å². The number of rotatable bonds is 5. The predicted octanol–water partition coefficient (Wildman–Crippen LogP) is 3.05. The van der Waals surface area contributed by atoms with Crippen molar-refractivity contribution in [2.75, 3.05) is 7.11 Å². The third kappa shape index (κ3) is 3.25. The molecule has 0 aliphatic carbocycles. The van der Waals surface area contributed by atoms with Crippen molar-refractivity contribution in [3.8, 4) is 28.8 Å². The zero-order valence-electron chi connectivity index (χ0n) is 13.5. The number of benzene rings is 2. The summed E-state index contributed by atoms with van der Waals surface area (Å²) in [6.45, 7) is 0.573. The summed E-state index contributed by atoms with van der Waals surface area (Å²) in [7, 11) is 1.65. The molecular formula is C18H15N5O2. The van der Waals surface area contributed by atoms with Crippen LogP contribution in [0, 0.1) is 0 Å². The van der Waals surface area contributed by atoms with Gasteiger partial charge in [0.2, 0.25) is 5.89 Å². The van der Waals surface area contributed by atoms with Crippen molar-refractivity contribution < 1.29 is 9.15 Å². The van der Waals surface area contributed by atoms with Crippen LogP contribution in [-0.2, 0) is 6.54 Å². The average Bonchev–Trinajstić information content (AvgIpc) is 3.32. The van der Waals surface area contributed by atoms with Crippen LogP contribution < -0.4 is 4.74 Å². The monoisotopic (exact) mass is 333 g/mol. The van der Waals surface area contributed by atoms with Crippen molar-refractivity contribution in [3.63, 3.8) is 0 Å². The maximum atomic E-state index is 5.70. The molecule has 2 aromatic carbocycles. The summed E-state index contributed by atoms with van der Waals surface area (Å²) in [5, 5.41) is 16.4. The van der Waals surface area contributed by atoms with Crippen LogP contribution in [0.2, 0.25) is 0 Å². The van der Waals surface area contributed by atoms with E-state index in [1.54, 1.807) is 18.0 Å². The first kappa shape index (κ1) is 15.1. The quantitative estimate of drug-likeness (QED) is 0.558. The molecule has 0 unspecified atom stereocenters. The van der Waals surface area contributed by atoms with E-state index in [4.69, 9.17) is 9.15 Å². The molecule has 0 amide bonds. The molecule has 0 saturated heterocycles. The van der Waals surface area contributed by atoms with E-state index in [-0.39, 0.29) is 0 Å². The van der Waals surface area contributed by atoms with Crippen LogP contribution in [0.1, 0.15) is 5.56 Å². The van der Waals surface area contributed by atoms with Gasteiger partial charge < -0.3 is 9.15 Å². The Labute approximate surface area is 143 Å². The minimum atomic E-state index is 0.343. The molecule has 0 aliphatic rings. The standard InChI is InChI=1S/C18H15N5O2/c1-24-15-9-5-6-13(10-15)11-23-12-16(19-22-23)18-21-20-17(25-18)14-7-3-2-4-8-14/h2-10,12H,11H2,1H3. The Morgan fingerprint density at radius 2 is 1.80 bits per heavy atom. The van der Waals surface area contributed by atoms with Gasteiger partial charge in [-0.3, -0.25) is 0 Å². The van der Waals surface area contributed by atoms with Crippen LogP contribution in [0.15, 0.2) is 65.2 Å². The summed E-state index contributed by atoms with van der Waals surface area (Å²) >= 11 is 0. The summed E-state index contributed by atoms with van der Waals surface area (Å²) in [6.07, 6.45) is 1.78. The summed E-state index contributed by atoms with van der Waals surface area (Å²) in [4.78, 5) is 0. The second-order valence-electron chi connectivity index (χ2n) is 5.43. The van der Waals surface area contributed by atoms with Gasteiger partial charge in [-0.25, -0.2) is 4.68 Å². The lowest BCUT2D eigenvalue weighted by Gasteiger charge is -2.03. The summed E-state index contributed by atoms with van der Waals surface area (Å²) < 4.78 is 12.6. The second-order valence-corrected chi connectivity index (χ2v) is 5.43. The van der Waals surface area contributed by atoms with Gasteiger partial charge in [-0.1, -0.05) is 35.5 Å². The Morgan fingerprint density at radius 3 is 2.64 bits per heavy atom. The molecule has 25 heavy (non-hydrogen) atoms. The van der Waals surface area contributed by atoms with Gasteiger partial charge in [-0.15, -0.1) is 15.3 Å². The minimum absolute atomic E-state index is 0.343. The fourth-order valence-corrected chi connectivity index (χ4v) is 2.46. The zero-order chi connectivity index (χ0) is 17.1. The maximum Gasteiger partial charge on any atom is 0.270 e. The Morgan fingerprint density at radius 1 is 0.960 bits per heavy atom. The average molecular weight is 333 g/mol. The normalized spacial score (nSPS) is 10.8. The molecular weight excluding hydrogens is 318 g/mol. The van der Waals surface area contributed by atoms with Crippen molar-refractivity contribution in [3.05, 3.63) is 66.4 Å². The number of hydrogen-bond acceptors (Lipinski definition) is 6. The van der Waals surface area contributed by atoms with Gasteiger partial charge in [0.25, 0.3) is 5.89 Å². The van der Waals surface area contributed by atoms with Crippen molar-refractivity contribution in [2.45, 2.75) is 6.54 Å². The van der Waals surface area contributed by atoms with Crippen LogP contribution >= 0.6 is 0 Å². The molecule has 0 aliphatic heterocycles. The van der Waals surface area contributed by atoms with Crippen LogP contribution in [-0.4, -0.2) is 32.3 Å². The lowest BCUT2D eigenvalue weighted by Crippen LogP contribution is -2.00. The van der Waals surface area contributed by atoms with E-state index >= 15 is 0 Å². The first-order chi connectivity index (χ1) is 12.3. The van der Waals surface area contributed by atoms with E-state index < -0.39 is 0 Å². The van der Waals surface area contributed by atoms with Gasteiger partial charge >= 0.3 is 0 Å². The van der Waals surface area contributed by atoms with Gasteiger partial charge in [0, 0.05) is 5.56 Å². The second kappa shape index (κ2) is 6.56. The van der Waals surface area contributed by atoms with Gasteiger partial charge in [0.05, 0.1) is 19.9 Å². The van der Waals surface area contributed by atoms with Crippen LogP contribution in [0.25, 0.3) is 23.0 Å². The molecule has 0 saturated carbocycles. The summed E-state index contributed by atoms with van der Waals surface area (Å²) in [6, 6.07) is 17.4. The predicted molar refractivity (Wildman–Crippen MR) is 90.8 cm³/mol. The largest absolute Gasteiger partial charge is 0.497 e. The number of nitrogens with zero attached hydrogens (tertiary/aromatic N) is 5. The highest BCUT2D eigenvalue weighted by atomic mass is 16.5. The molecule has 0 radical (unpaired) electrons. The molecule has 4 aromatic rings. The lowest BCUT2D eigenvalue weighted by atomic mass is 10.2. The van der Waals surface area contributed by atoms with Crippen molar-refractivity contribution in [1.82, 2.24) is 25.2 Å². The summed E-state index contributed by atoms with van der Waals surface area (Å²) in [5.41, 5.74) is 2.47. The number of hydrogen-bond donors (Lipinski definition) is 0. The van der Waals surface area contributed by atoms with Crippen LogP contribution in [0.3, 0.4) is 0 Å². The SMILES string of the molecule is COc1cccc(Cn2cc(-c3nnc(-c4ccccc4)o3)nn2)c1. The van der Waals surface area contributed by atoms with E-state index in [0.717, 1.165) is 16.9 Å². The molecule has 7 nitrogen and oxygen atoms in total. The third-order valence-corrected chi connectivity index (χ3v) is 3.68. The van der Waals surface area contributed by atoms with Gasteiger partial charge in [-0.05, 0) is 29.8 Å². The van der Waals surface area contributed by atoms with Gasteiger partial charge in [-0.2, -0.15) is 0 Å². The smallest absolute Gasteiger partial charge is 0.270 e. The maximum absolute atomic E-state index is 5.70. The van der Waals surface area contributed by atoms with Crippen molar-refractivity contribution in [1.29, 1.82) is 0 Å². The molecule has 0 spiro atoms. The summed E-state index contributed by atoms with van der Waals surface area (Å²) in [5.74, 6) is 1.61. The lowest BCUT2D eigenvalue weighted by molar-refractivity contribution is 0.414. The Kier molecular flexibility index (Phi) is 3.96. The molecule has 0 N–H and O–H groups in total. The highest BCUT2D eigenvalue weighted by molar-refractivity contribution is 5.54. The first-order valence-electron chi connectivity index (χ1n) is 7.74. The minimum Gasteiger partial charge on any atom is -0.497 e. The fourth-order valence-electron chi connectivity index (χ4n) is 2.46. The van der Waals surface area contributed by atoms with Gasteiger partial charge in [0.1, 0.15) is 5.75 Å².